The van der Waals surface area contributed by atoms with Gasteiger partial charge in [-0.3, -0.25) is 0 Å². The number of guanidine groups is 1. The number of aromatic nitrogens is 1. The molecule has 0 fully saturated rings. The summed E-state index contributed by atoms with van der Waals surface area (Å²) in [5, 5.41) is 12.7. The van der Waals surface area contributed by atoms with Gasteiger partial charge in [0.2, 0.25) is 10.0 Å². The molecule has 3 rings (SSSR count). The van der Waals surface area contributed by atoms with Crippen molar-refractivity contribution in [3.63, 3.8) is 0 Å². The van der Waals surface area contributed by atoms with Crippen LogP contribution in [0.1, 0.15) is 28.1 Å². The van der Waals surface area contributed by atoms with Gasteiger partial charge in [0.15, 0.2) is 5.96 Å². The van der Waals surface area contributed by atoms with Crippen molar-refractivity contribution < 1.29 is 12.8 Å². The standard InChI is InChI=1S/C20H25N5O3S2.HI/c1-2-17-13-23-19(29-17)14-25-20(22-10-9-16-4-3-11-28-16)24-12-15-5-7-18(8-6-15)30(21,26)27;/h3-8,11,13H,2,9-10,12,14H2,1H3,(H2,21,26,27)(H2,22,24,25);1H. The summed E-state index contributed by atoms with van der Waals surface area (Å²) < 4.78 is 28.1. The molecule has 1 aromatic carbocycles. The maximum atomic E-state index is 11.4. The lowest BCUT2D eigenvalue weighted by Gasteiger charge is -2.11. The molecule has 11 heteroatoms. The highest BCUT2D eigenvalue weighted by molar-refractivity contribution is 14.0. The Morgan fingerprint density at radius 3 is 2.61 bits per heavy atom. The fraction of sp³-hybridized carbons (Fsp3) is 0.300. The van der Waals surface area contributed by atoms with Crippen LogP contribution < -0.4 is 15.8 Å². The van der Waals surface area contributed by atoms with Crippen LogP contribution in [0.15, 0.2) is 63.2 Å². The second kappa shape index (κ2) is 12.2. The average Bonchev–Trinajstić information content (AvgIpc) is 3.41. The molecule has 8 nitrogen and oxygen atoms in total. The van der Waals surface area contributed by atoms with Crippen LogP contribution in [-0.2, 0) is 36.0 Å². The predicted molar refractivity (Wildman–Crippen MR) is 133 cm³/mol. The number of nitrogens with one attached hydrogen (secondary N) is 2. The van der Waals surface area contributed by atoms with E-state index in [1.807, 2.05) is 18.3 Å². The molecule has 2 aromatic heterocycles. The van der Waals surface area contributed by atoms with Gasteiger partial charge in [0.25, 0.3) is 0 Å². The van der Waals surface area contributed by atoms with Crippen molar-refractivity contribution >= 4 is 51.3 Å². The fourth-order valence-corrected chi connectivity index (χ4v) is 3.96. The average molecular weight is 575 g/mol. The number of benzene rings is 1. The second-order valence-corrected chi connectivity index (χ2v) is 9.30. The van der Waals surface area contributed by atoms with Crippen LogP contribution in [0.25, 0.3) is 0 Å². The summed E-state index contributed by atoms with van der Waals surface area (Å²) in [4.78, 5) is 10.4. The van der Waals surface area contributed by atoms with Crippen LogP contribution >= 0.6 is 35.3 Å². The van der Waals surface area contributed by atoms with Gasteiger partial charge in [-0.25, -0.2) is 23.5 Å². The van der Waals surface area contributed by atoms with E-state index < -0.39 is 10.0 Å². The Hall–Kier alpha value is -1.96. The molecule has 0 unspecified atom stereocenters. The zero-order valence-electron chi connectivity index (χ0n) is 17.1. The molecule has 0 radical (unpaired) electrons. The van der Waals surface area contributed by atoms with Crippen LogP contribution in [0.2, 0.25) is 0 Å². The van der Waals surface area contributed by atoms with Gasteiger partial charge in [0, 0.05) is 24.0 Å². The van der Waals surface area contributed by atoms with E-state index in [-0.39, 0.29) is 28.9 Å². The summed E-state index contributed by atoms with van der Waals surface area (Å²) >= 11 is 1.67. The first-order valence-corrected chi connectivity index (χ1v) is 11.9. The molecule has 2 heterocycles. The number of halogens is 1. The Morgan fingerprint density at radius 2 is 2.00 bits per heavy atom. The van der Waals surface area contributed by atoms with E-state index in [9.17, 15) is 8.42 Å². The molecule has 0 aliphatic rings. The Labute approximate surface area is 203 Å². The normalized spacial score (nSPS) is 11.7. The first-order valence-electron chi connectivity index (χ1n) is 9.54. The molecule has 168 valence electrons. The van der Waals surface area contributed by atoms with Gasteiger partial charge in [-0.2, -0.15) is 0 Å². The lowest BCUT2D eigenvalue weighted by atomic mass is 10.2. The molecule has 4 N–H and O–H groups in total. The SMILES string of the molecule is CCc1cnc(CNC(=NCc2ccc(S(N)(=O)=O)cc2)NCCc2ccco2)s1.I. The van der Waals surface area contributed by atoms with Crippen molar-refractivity contribution in [2.45, 2.75) is 37.8 Å². The van der Waals surface area contributed by atoms with E-state index in [4.69, 9.17) is 9.56 Å². The minimum absolute atomic E-state index is 0. The van der Waals surface area contributed by atoms with Gasteiger partial charge in [-0.05, 0) is 36.2 Å². The zero-order valence-corrected chi connectivity index (χ0v) is 21.0. The molecule has 0 bridgehead atoms. The quantitative estimate of drug-likeness (QED) is 0.205. The van der Waals surface area contributed by atoms with Crippen LogP contribution in [0, 0.1) is 0 Å². The minimum Gasteiger partial charge on any atom is -0.469 e. The van der Waals surface area contributed by atoms with Crippen molar-refractivity contribution in [1.29, 1.82) is 0 Å². The molecule has 3 aromatic rings. The smallest absolute Gasteiger partial charge is 0.238 e. The van der Waals surface area contributed by atoms with E-state index in [1.165, 1.54) is 17.0 Å². The molecule has 0 atom stereocenters. The van der Waals surface area contributed by atoms with Crippen molar-refractivity contribution in [2.24, 2.45) is 10.1 Å². The molecular formula is C20H26IN5O3S2. The topological polar surface area (TPSA) is 123 Å². The summed E-state index contributed by atoms with van der Waals surface area (Å²) in [5.41, 5.74) is 0.872. The number of nitrogens with two attached hydrogens (primary N) is 1. The van der Waals surface area contributed by atoms with Crippen LogP contribution in [-0.4, -0.2) is 25.9 Å². The molecular weight excluding hydrogens is 549 g/mol. The van der Waals surface area contributed by atoms with Crippen molar-refractivity contribution in [3.8, 4) is 0 Å². The Morgan fingerprint density at radius 1 is 1.23 bits per heavy atom. The van der Waals surface area contributed by atoms with Crippen molar-refractivity contribution in [1.82, 2.24) is 15.6 Å². The maximum Gasteiger partial charge on any atom is 0.238 e. The van der Waals surface area contributed by atoms with E-state index in [1.54, 1.807) is 29.7 Å². The third-order valence-corrected chi connectivity index (χ3v) is 6.34. The number of hydrogen-bond acceptors (Lipinski definition) is 6. The molecule has 0 spiro atoms. The number of sulfonamides is 1. The summed E-state index contributed by atoms with van der Waals surface area (Å²) in [5.74, 6) is 1.54. The number of furan rings is 1. The van der Waals surface area contributed by atoms with Crippen LogP contribution in [0.4, 0.5) is 0 Å². The summed E-state index contributed by atoms with van der Waals surface area (Å²) in [6.07, 6.45) is 5.25. The van der Waals surface area contributed by atoms with E-state index in [0.717, 1.165) is 29.2 Å². The van der Waals surface area contributed by atoms with Gasteiger partial charge in [0.05, 0.1) is 24.2 Å². The number of nitrogens with zero attached hydrogens (tertiary/aromatic N) is 2. The van der Waals surface area contributed by atoms with Gasteiger partial charge >= 0.3 is 0 Å². The molecule has 0 amide bonds. The zero-order chi connectivity index (χ0) is 21.4. The Balaban J connectivity index is 0.00000341. The highest BCUT2D eigenvalue weighted by atomic mass is 127. The van der Waals surface area contributed by atoms with Crippen LogP contribution in [0.5, 0.6) is 0 Å². The van der Waals surface area contributed by atoms with Gasteiger partial charge in [0.1, 0.15) is 10.8 Å². The van der Waals surface area contributed by atoms with Crippen molar-refractivity contribution in [3.05, 3.63) is 70.1 Å². The Bertz CT molecular complexity index is 1060. The number of aryl methyl sites for hydroxylation is 1. The number of thiazole rings is 1. The van der Waals surface area contributed by atoms with Gasteiger partial charge in [-0.15, -0.1) is 35.3 Å². The van der Waals surface area contributed by atoms with Crippen LogP contribution in [0.3, 0.4) is 0 Å². The summed E-state index contributed by atoms with van der Waals surface area (Å²) in [7, 11) is -3.70. The minimum atomic E-state index is -3.70. The predicted octanol–water partition coefficient (Wildman–Crippen LogP) is 3.04. The summed E-state index contributed by atoms with van der Waals surface area (Å²) in [6.45, 7) is 3.72. The number of hydrogen-bond donors (Lipinski definition) is 3. The molecule has 0 aliphatic heterocycles. The van der Waals surface area contributed by atoms with Gasteiger partial charge < -0.3 is 15.1 Å². The van der Waals surface area contributed by atoms with Crippen molar-refractivity contribution in [2.75, 3.05) is 6.54 Å². The number of rotatable bonds is 9. The summed E-state index contributed by atoms with van der Waals surface area (Å²) in [6, 6.07) is 10.2. The highest BCUT2D eigenvalue weighted by Gasteiger charge is 2.07. The molecule has 0 aliphatic carbocycles. The second-order valence-electron chi connectivity index (χ2n) is 6.54. The third-order valence-electron chi connectivity index (χ3n) is 4.27. The molecule has 31 heavy (non-hydrogen) atoms. The monoisotopic (exact) mass is 575 g/mol. The van der Waals surface area contributed by atoms with E-state index in [2.05, 4.69) is 27.5 Å². The lowest BCUT2D eigenvalue weighted by Crippen LogP contribution is -2.38. The number of aliphatic imine (C=N–C) groups is 1. The molecule has 0 saturated carbocycles. The number of primary sulfonamides is 1. The first kappa shape index (κ1) is 25.3. The van der Waals surface area contributed by atoms with E-state index >= 15 is 0 Å². The van der Waals surface area contributed by atoms with E-state index in [0.29, 0.717) is 25.6 Å². The lowest BCUT2D eigenvalue weighted by molar-refractivity contribution is 0.506. The van der Waals surface area contributed by atoms with Gasteiger partial charge in [-0.1, -0.05) is 19.1 Å². The largest absolute Gasteiger partial charge is 0.469 e. The maximum absolute atomic E-state index is 11.4. The Kier molecular flexibility index (Phi) is 9.93. The molecule has 0 saturated heterocycles. The first-order chi connectivity index (χ1) is 14.4. The highest BCUT2D eigenvalue weighted by Crippen LogP contribution is 2.13. The fourth-order valence-electron chi connectivity index (χ4n) is 2.64. The third kappa shape index (κ3) is 8.24.